The molecule has 3 heterocycles. The molecule has 1 fully saturated rings. The summed E-state index contributed by atoms with van der Waals surface area (Å²) in [4.78, 5) is 7.54. The van der Waals surface area contributed by atoms with E-state index in [9.17, 15) is 0 Å². The van der Waals surface area contributed by atoms with Crippen LogP contribution in [-0.4, -0.2) is 8.07 Å². The Hall–Kier alpha value is -6.33. The fourth-order valence-corrected chi connectivity index (χ4v) is 18.8. The van der Waals surface area contributed by atoms with Crippen LogP contribution in [0.25, 0.3) is 34.4 Å². The number of para-hydroxylation sites is 3. The third-order valence-electron chi connectivity index (χ3n) is 15.5. The van der Waals surface area contributed by atoms with Gasteiger partial charge in [-0.1, -0.05) is 180 Å². The van der Waals surface area contributed by atoms with Crippen LogP contribution in [0.15, 0.2) is 186 Å². The Morgan fingerprint density at radius 1 is 0.523 bits per heavy atom. The molecule has 1 saturated heterocycles. The summed E-state index contributed by atoms with van der Waals surface area (Å²) in [5.74, 6) is 0. The summed E-state index contributed by atoms with van der Waals surface area (Å²) in [6.45, 7) is 15.8. The van der Waals surface area contributed by atoms with Crippen molar-refractivity contribution in [2.45, 2.75) is 75.3 Å². The van der Waals surface area contributed by atoms with Crippen molar-refractivity contribution in [2.24, 2.45) is 0 Å². The van der Waals surface area contributed by atoms with Crippen molar-refractivity contribution in [1.82, 2.24) is 0 Å². The summed E-state index contributed by atoms with van der Waals surface area (Å²) in [6, 6.07) is 58.7. The summed E-state index contributed by atoms with van der Waals surface area (Å²) in [5.41, 5.74) is 20.7. The Balaban J connectivity index is 0.844. The zero-order chi connectivity index (χ0) is 44.2. The van der Waals surface area contributed by atoms with Gasteiger partial charge < -0.3 is 9.80 Å². The predicted molar refractivity (Wildman–Crippen MR) is 282 cm³/mol. The van der Waals surface area contributed by atoms with Gasteiger partial charge in [0.25, 0.3) is 0 Å². The highest BCUT2D eigenvalue weighted by molar-refractivity contribution is 8.03. The van der Waals surface area contributed by atoms with Gasteiger partial charge in [-0.15, -0.1) is 0 Å². The Morgan fingerprint density at radius 3 is 1.52 bits per heavy atom. The lowest BCUT2D eigenvalue weighted by Crippen LogP contribution is -2.60. The molecule has 5 aliphatic rings. The van der Waals surface area contributed by atoms with Gasteiger partial charge in [-0.3, -0.25) is 0 Å². The maximum Gasteiger partial charge on any atom is 0.123 e. The topological polar surface area (TPSA) is 6.48 Å². The van der Waals surface area contributed by atoms with Crippen molar-refractivity contribution < 1.29 is 0 Å². The molecular weight excluding hydrogens is 821 g/mol. The smallest absolute Gasteiger partial charge is 0.123 e. The molecule has 2 nitrogen and oxygen atoms in total. The van der Waals surface area contributed by atoms with Crippen molar-refractivity contribution in [3.63, 3.8) is 0 Å². The second kappa shape index (κ2) is 14.9. The predicted octanol–water partition coefficient (Wildman–Crippen LogP) is 15.8. The molecule has 7 aromatic carbocycles. The molecule has 0 radical (unpaired) electrons. The van der Waals surface area contributed by atoms with Crippen molar-refractivity contribution in [3.05, 3.63) is 214 Å². The molecule has 0 unspecified atom stereocenters. The van der Waals surface area contributed by atoms with Crippen molar-refractivity contribution in [1.29, 1.82) is 0 Å². The minimum Gasteiger partial charge on any atom is -0.311 e. The van der Waals surface area contributed by atoms with Crippen molar-refractivity contribution >= 4 is 70.8 Å². The summed E-state index contributed by atoms with van der Waals surface area (Å²) < 4.78 is 0. The van der Waals surface area contributed by atoms with Crippen LogP contribution >= 0.6 is 11.8 Å². The van der Waals surface area contributed by atoms with E-state index in [1.54, 1.807) is 10.4 Å². The second-order valence-corrected chi connectivity index (χ2v) is 25.3. The van der Waals surface area contributed by atoms with E-state index in [0.717, 1.165) is 0 Å². The van der Waals surface area contributed by atoms with E-state index >= 15 is 0 Å². The number of rotatable bonds is 6. The second-order valence-electron chi connectivity index (χ2n) is 19.8. The molecule has 0 N–H and O–H groups in total. The number of benzene rings is 7. The fraction of sp³-hybridized carbons (Fsp3) is 0.180. The number of fused-ring (bicyclic) bond motifs is 11. The first-order valence-electron chi connectivity index (χ1n) is 23.4. The van der Waals surface area contributed by atoms with Gasteiger partial charge in [-0.2, -0.15) is 0 Å². The first kappa shape index (κ1) is 40.2. The molecule has 0 amide bonds. The standard InChI is InChI=1S/C61H54N2SSi/c1-7-8-17-53-40(2)64-57-21-12-9-18-54(57)62(53)43-28-32-47-45-30-26-41(36-49(45)60(3,4)51(47)38-43)24-25-42-27-31-46-48-33-29-44(39-52(48)61(5,6)50(46)37-42)63-55-19-10-13-22-58(55)65(34-15-16-35-65)59-23-14-11-20-56(59)63/h7-14,17-33,36-39H,1,15-16,34-35H2,2-6H3. The molecule has 0 bridgehead atoms. The molecule has 4 heteroatoms. The van der Waals surface area contributed by atoms with E-state index in [1.165, 1.54) is 124 Å². The van der Waals surface area contributed by atoms with E-state index in [4.69, 9.17) is 0 Å². The van der Waals surface area contributed by atoms with Crippen molar-refractivity contribution in [2.75, 3.05) is 9.80 Å². The number of anilines is 5. The number of thioether (sulfide) groups is 1. The lowest BCUT2D eigenvalue weighted by Gasteiger charge is -2.43. The van der Waals surface area contributed by atoms with E-state index in [1.807, 2.05) is 23.9 Å². The molecule has 12 rings (SSSR count). The minimum absolute atomic E-state index is 0.144. The fourth-order valence-electron chi connectivity index (χ4n) is 12.2. The average Bonchev–Trinajstić information content (AvgIpc) is 3.97. The number of hydrogen-bond donors (Lipinski definition) is 0. The van der Waals surface area contributed by atoms with Gasteiger partial charge in [0.05, 0.1) is 11.4 Å². The van der Waals surface area contributed by atoms with Crippen molar-refractivity contribution in [3.8, 4) is 22.3 Å². The van der Waals surface area contributed by atoms with E-state index in [0.29, 0.717) is 0 Å². The first-order valence-corrected chi connectivity index (χ1v) is 26.6. The first-order chi connectivity index (χ1) is 31.6. The average molecular weight is 875 g/mol. The van der Waals surface area contributed by atoms with Crippen LogP contribution in [0.4, 0.5) is 28.4 Å². The lowest BCUT2D eigenvalue weighted by molar-refractivity contribution is 0.660. The van der Waals surface area contributed by atoms with Gasteiger partial charge in [0.2, 0.25) is 0 Å². The zero-order valence-corrected chi connectivity index (χ0v) is 39.9. The molecular formula is C61H54N2SSi. The van der Waals surface area contributed by atoms with Gasteiger partial charge in [0.1, 0.15) is 8.07 Å². The Labute approximate surface area is 390 Å². The van der Waals surface area contributed by atoms with E-state index < -0.39 is 8.07 Å². The largest absolute Gasteiger partial charge is 0.311 e. The molecule has 3 aliphatic heterocycles. The monoisotopic (exact) mass is 874 g/mol. The molecule has 7 aromatic rings. The van der Waals surface area contributed by atoms with Crippen LogP contribution < -0.4 is 20.2 Å². The van der Waals surface area contributed by atoms with Crippen LogP contribution in [0.1, 0.15) is 80.8 Å². The van der Waals surface area contributed by atoms with Crippen LogP contribution in [0.5, 0.6) is 0 Å². The SMILES string of the molecule is C=CC=CC1=C(C)Sc2ccccc2N1c1ccc2c(c1)C(C)(C)c1cc(C=Cc3ccc4c(c3)C(C)(C)c3cc(N5c6ccccc6[Si]6(CCCC6)c6ccccc65)ccc3-4)ccc1-2. The maximum atomic E-state index is 3.96. The van der Waals surface area contributed by atoms with Gasteiger partial charge >= 0.3 is 0 Å². The molecule has 318 valence electrons. The highest BCUT2D eigenvalue weighted by Crippen LogP contribution is 2.54. The van der Waals surface area contributed by atoms with Gasteiger partial charge in [0.15, 0.2) is 0 Å². The van der Waals surface area contributed by atoms with E-state index in [2.05, 4.69) is 215 Å². The van der Waals surface area contributed by atoms with Gasteiger partial charge in [-0.05, 0) is 140 Å². The zero-order valence-electron chi connectivity index (χ0n) is 38.1. The van der Waals surface area contributed by atoms with Crippen LogP contribution in [0.3, 0.4) is 0 Å². The Morgan fingerprint density at radius 2 is 0.985 bits per heavy atom. The Bertz CT molecular complexity index is 3200. The third kappa shape index (κ3) is 5.99. The minimum atomic E-state index is -1.78. The highest BCUT2D eigenvalue weighted by Gasteiger charge is 2.47. The summed E-state index contributed by atoms with van der Waals surface area (Å²) in [7, 11) is -1.78. The maximum absolute atomic E-state index is 3.96. The number of nitrogens with zero attached hydrogens (tertiary/aromatic N) is 2. The van der Waals surface area contributed by atoms with Crippen LogP contribution in [0.2, 0.25) is 12.1 Å². The summed E-state index contributed by atoms with van der Waals surface area (Å²) >= 11 is 1.84. The molecule has 0 saturated carbocycles. The Kier molecular flexibility index (Phi) is 9.18. The summed E-state index contributed by atoms with van der Waals surface area (Å²) in [5, 5.41) is 3.25. The number of allylic oxidation sites excluding steroid dienone is 4. The van der Waals surface area contributed by atoms with Gasteiger partial charge in [0, 0.05) is 43.4 Å². The van der Waals surface area contributed by atoms with Crippen LogP contribution in [-0.2, 0) is 10.8 Å². The third-order valence-corrected chi connectivity index (χ3v) is 21.9. The molecule has 0 aromatic heterocycles. The lowest BCUT2D eigenvalue weighted by atomic mass is 9.81. The molecule has 65 heavy (non-hydrogen) atoms. The number of hydrogen-bond acceptors (Lipinski definition) is 3. The van der Waals surface area contributed by atoms with Gasteiger partial charge in [-0.25, -0.2) is 0 Å². The quantitative estimate of drug-likeness (QED) is 0.0934. The van der Waals surface area contributed by atoms with Crippen LogP contribution in [0, 0.1) is 0 Å². The van der Waals surface area contributed by atoms with E-state index in [-0.39, 0.29) is 10.8 Å². The molecule has 0 atom stereocenters. The highest BCUT2D eigenvalue weighted by atomic mass is 32.2. The normalized spacial score (nSPS) is 17.8. The molecule has 1 spiro atoms. The molecule has 2 aliphatic carbocycles. The summed E-state index contributed by atoms with van der Waals surface area (Å²) in [6.07, 6.45) is 13.4.